The first kappa shape index (κ1) is 4.37. The molecule has 0 aliphatic carbocycles. The second-order valence-corrected chi connectivity index (χ2v) is 1.53. The Morgan fingerprint density at radius 1 is 1.71 bits per heavy atom. The number of hydrogen-bond donors (Lipinski definition) is 1. The Morgan fingerprint density at radius 3 is 2.86 bits per heavy atom. The van der Waals surface area contributed by atoms with Crippen molar-refractivity contribution in [1.29, 1.82) is 0 Å². The number of rotatable bonds is 0. The molecule has 0 aromatic carbocycles. The summed E-state index contributed by atoms with van der Waals surface area (Å²) in [5.74, 6) is 0. The molecular formula is C5H8N2. The zero-order valence-corrected chi connectivity index (χ0v) is 4.09. The van der Waals surface area contributed by atoms with Gasteiger partial charge in [0.2, 0.25) is 0 Å². The largest absolute Gasteiger partial charge is 0.398 e. The first-order chi connectivity index (χ1) is 3.39. The molecule has 0 amide bonds. The van der Waals surface area contributed by atoms with Gasteiger partial charge in [0.05, 0.1) is 0 Å². The second kappa shape index (κ2) is 1.78. The number of allylic oxidation sites excluding steroid dienone is 1. The van der Waals surface area contributed by atoms with Crippen LogP contribution < -0.4 is 5.73 Å². The lowest BCUT2D eigenvalue weighted by Crippen LogP contribution is -2.02. The normalized spacial score (nSPS) is 19.1. The van der Waals surface area contributed by atoms with Crippen LogP contribution in [-0.2, 0) is 0 Å². The summed E-state index contributed by atoms with van der Waals surface area (Å²) < 4.78 is 0. The van der Waals surface area contributed by atoms with Gasteiger partial charge in [-0.2, -0.15) is 0 Å². The van der Waals surface area contributed by atoms with Crippen molar-refractivity contribution >= 4 is 6.21 Å². The smallest absolute Gasteiger partial charge is 0.0455 e. The zero-order chi connectivity index (χ0) is 5.11. The fourth-order valence-electron chi connectivity index (χ4n) is 0.528. The molecule has 0 saturated heterocycles. The van der Waals surface area contributed by atoms with Gasteiger partial charge >= 0.3 is 0 Å². The molecule has 0 atom stereocenters. The van der Waals surface area contributed by atoms with Crippen molar-refractivity contribution in [1.82, 2.24) is 0 Å². The highest BCUT2D eigenvalue weighted by Crippen LogP contribution is 1.92. The Morgan fingerprint density at radius 2 is 2.57 bits per heavy atom. The van der Waals surface area contributed by atoms with Crippen molar-refractivity contribution in [2.75, 3.05) is 6.54 Å². The van der Waals surface area contributed by atoms with Crippen LogP contribution in [0.1, 0.15) is 6.42 Å². The second-order valence-electron chi connectivity index (χ2n) is 1.53. The molecule has 0 fully saturated rings. The minimum atomic E-state index is 0.797. The molecule has 0 unspecified atom stereocenters. The molecular weight excluding hydrogens is 88.1 g/mol. The Balaban J connectivity index is 2.58. The molecule has 2 heteroatoms. The Hall–Kier alpha value is -0.790. The molecule has 0 aromatic heterocycles. The van der Waals surface area contributed by atoms with Gasteiger partial charge in [-0.1, -0.05) is 6.08 Å². The van der Waals surface area contributed by atoms with Crippen LogP contribution >= 0.6 is 0 Å². The third-order valence-electron chi connectivity index (χ3n) is 0.879. The van der Waals surface area contributed by atoms with Gasteiger partial charge < -0.3 is 5.73 Å². The van der Waals surface area contributed by atoms with Crippen LogP contribution in [-0.4, -0.2) is 12.8 Å². The molecule has 1 heterocycles. The van der Waals surface area contributed by atoms with E-state index in [9.17, 15) is 0 Å². The fraction of sp³-hybridized carbons (Fsp3) is 0.400. The van der Waals surface area contributed by atoms with Crippen molar-refractivity contribution in [3.8, 4) is 0 Å². The van der Waals surface area contributed by atoms with E-state index >= 15 is 0 Å². The van der Waals surface area contributed by atoms with Gasteiger partial charge in [0.25, 0.3) is 0 Å². The molecule has 0 bridgehead atoms. The maximum Gasteiger partial charge on any atom is 0.0455 e. The molecule has 38 valence electrons. The number of dihydropyridines is 1. The van der Waals surface area contributed by atoms with E-state index < -0.39 is 0 Å². The minimum absolute atomic E-state index is 0.797. The van der Waals surface area contributed by atoms with E-state index in [4.69, 9.17) is 5.73 Å². The lowest BCUT2D eigenvalue weighted by molar-refractivity contribution is 0.985. The molecule has 7 heavy (non-hydrogen) atoms. The molecule has 1 aliphatic rings. The van der Waals surface area contributed by atoms with Gasteiger partial charge in [0, 0.05) is 18.5 Å². The number of hydrogen-bond acceptors (Lipinski definition) is 2. The lowest BCUT2D eigenvalue weighted by Gasteiger charge is -1.96. The summed E-state index contributed by atoms with van der Waals surface area (Å²) in [6.07, 6.45) is 4.68. The Labute approximate surface area is 42.7 Å². The van der Waals surface area contributed by atoms with Gasteiger partial charge in [-0.3, -0.25) is 4.99 Å². The lowest BCUT2D eigenvalue weighted by atomic mass is 10.3. The first-order valence-corrected chi connectivity index (χ1v) is 2.35. The summed E-state index contributed by atoms with van der Waals surface area (Å²) >= 11 is 0. The van der Waals surface area contributed by atoms with E-state index in [0.717, 1.165) is 18.7 Å². The van der Waals surface area contributed by atoms with E-state index in [2.05, 4.69) is 4.99 Å². The number of nitrogens with two attached hydrogens (primary N) is 1. The van der Waals surface area contributed by atoms with Gasteiger partial charge in [-0.05, 0) is 6.42 Å². The molecule has 1 aliphatic heterocycles. The van der Waals surface area contributed by atoms with Crippen molar-refractivity contribution < 1.29 is 0 Å². The highest BCUT2D eigenvalue weighted by molar-refractivity contribution is 5.77. The van der Waals surface area contributed by atoms with Crippen LogP contribution in [0.5, 0.6) is 0 Å². The minimum Gasteiger partial charge on any atom is -0.398 e. The predicted molar refractivity (Wildman–Crippen MR) is 30.2 cm³/mol. The zero-order valence-electron chi connectivity index (χ0n) is 4.09. The summed E-state index contributed by atoms with van der Waals surface area (Å²) in [6, 6.07) is 0. The highest BCUT2D eigenvalue weighted by atomic mass is 14.7. The van der Waals surface area contributed by atoms with Crippen LogP contribution in [0.4, 0.5) is 0 Å². The SMILES string of the molecule is NC1=CCCN=C1. The first-order valence-electron chi connectivity index (χ1n) is 2.35. The third-order valence-corrected chi connectivity index (χ3v) is 0.879. The van der Waals surface area contributed by atoms with Crippen LogP contribution in [0.25, 0.3) is 0 Å². The monoisotopic (exact) mass is 96.1 g/mol. The quantitative estimate of drug-likeness (QED) is 0.463. The van der Waals surface area contributed by atoms with Crippen molar-refractivity contribution in [3.05, 3.63) is 11.8 Å². The summed E-state index contributed by atoms with van der Waals surface area (Å²) in [7, 11) is 0. The summed E-state index contributed by atoms with van der Waals surface area (Å²) in [6.45, 7) is 0.903. The highest BCUT2D eigenvalue weighted by Gasteiger charge is 1.87. The molecule has 0 radical (unpaired) electrons. The van der Waals surface area contributed by atoms with Crippen molar-refractivity contribution in [2.45, 2.75) is 6.42 Å². The van der Waals surface area contributed by atoms with Gasteiger partial charge in [-0.25, -0.2) is 0 Å². The van der Waals surface area contributed by atoms with Crippen molar-refractivity contribution in [3.63, 3.8) is 0 Å². The van der Waals surface area contributed by atoms with Crippen LogP contribution in [0, 0.1) is 0 Å². The van der Waals surface area contributed by atoms with Crippen LogP contribution in [0.3, 0.4) is 0 Å². The number of nitrogens with zero attached hydrogens (tertiary/aromatic N) is 1. The molecule has 0 saturated carbocycles. The molecule has 2 N–H and O–H groups in total. The summed E-state index contributed by atoms with van der Waals surface area (Å²) in [5, 5.41) is 0. The summed E-state index contributed by atoms with van der Waals surface area (Å²) in [5.41, 5.74) is 6.14. The van der Waals surface area contributed by atoms with E-state index in [0.29, 0.717) is 0 Å². The standard InChI is InChI=1S/C5H8N2/c6-5-2-1-3-7-4-5/h2,4H,1,3,6H2. The Kier molecular flexibility index (Phi) is 1.11. The van der Waals surface area contributed by atoms with E-state index in [-0.39, 0.29) is 0 Å². The van der Waals surface area contributed by atoms with Gasteiger partial charge in [-0.15, -0.1) is 0 Å². The van der Waals surface area contributed by atoms with E-state index in [1.807, 2.05) is 6.08 Å². The fourth-order valence-corrected chi connectivity index (χ4v) is 0.528. The third kappa shape index (κ3) is 1.03. The molecule has 0 aromatic rings. The Bertz CT molecular complexity index is 113. The predicted octanol–water partition coefficient (Wildman–Crippen LogP) is 0.304. The van der Waals surface area contributed by atoms with Crippen molar-refractivity contribution in [2.24, 2.45) is 10.7 Å². The molecule has 2 nitrogen and oxygen atoms in total. The maximum absolute atomic E-state index is 5.35. The summed E-state index contributed by atoms with van der Waals surface area (Å²) in [4.78, 5) is 3.94. The topological polar surface area (TPSA) is 38.4 Å². The molecule has 0 spiro atoms. The van der Waals surface area contributed by atoms with E-state index in [1.54, 1.807) is 6.21 Å². The average Bonchev–Trinajstić information content (AvgIpc) is 1.69. The van der Waals surface area contributed by atoms with Gasteiger partial charge in [0.1, 0.15) is 0 Å². The average molecular weight is 96.1 g/mol. The molecule has 1 rings (SSSR count). The maximum atomic E-state index is 5.35. The van der Waals surface area contributed by atoms with E-state index in [1.165, 1.54) is 0 Å². The van der Waals surface area contributed by atoms with Gasteiger partial charge in [0.15, 0.2) is 0 Å². The number of aliphatic imine (C=N–C) groups is 1. The van der Waals surface area contributed by atoms with Crippen LogP contribution in [0.2, 0.25) is 0 Å². The van der Waals surface area contributed by atoms with Crippen LogP contribution in [0.15, 0.2) is 16.8 Å².